The highest BCUT2D eigenvalue weighted by molar-refractivity contribution is 6.39. The standard InChI is InChI=1S/C15H22N2O3/c1-11(2)20-10-4-9-16-14(18)15(19)17-13-7-5-12(3)6-8-13/h5-8,11H,4,9-10H2,1-3H3,(H,16,18)(H,17,19). The van der Waals surface area contributed by atoms with Crippen LogP contribution in [-0.4, -0.2) is 31.1 Å². The minimum absolute atomic E-state index is 0.176. The highest BCUT2D eigenvalue weighted by atomic mass is 16.5. The molecule has 1 aromatic carbocycles. The van der Waals surface area contributed by atoms with Gasteiger partial charge in [0.1, 0.15) is 0 Å². The molecule has 0 unspecified atom stereocenters. The van der Waals surface area contributed by atoms with Gasteiger partial charge in [0.2, 0.25) is 0 Å². The van der Waals surface area contributed by atoms with E-state index in [1.54, 1.807) is 12.1 Å². The predicted molar refractivity (Wildman–Crippen MR) is 78.5 cm³/mol. The molecular weight excluding hydrogens is 256 g/mol. The molecule has 0 aliphatic heterocycles. The SMILES string of the molecule is Cc1ccc(NC(=O)C(=O)NCCCOC(C)C)cc1. The van der Waals surface area contributed by atoms with Gasteiger partial charge >= 0.3 is 11.8 Å². The zero-order valence-electron chi connectivity index (χ0n) is 12.2. The largest absolute Gasteiger partial charge is 0.379 e. The summed E-state index contributed by atoms with van der Waals surface area (Å²) in [5, 5.41) is 5.10. The minimum Gasteiger partial charge on any atom is -0.379 e. The highest BCUT2D eigenvalue weighted by Gasteiger charge is 2.12. The van der Waals surface area contributed by atoms with Crippen LogP contribution in [0.3, 0.4) is 0 Å². The summed E-state index contributed by atoms with van der Waals surface area (Å²) in [6.45, 7) is 6.85. The van der Waals surface area contributed by atoms with Crippen LogP contribution in [0.15, 0.2) is 24.3 Å². The van der Waals surface area contributed by atoms with Crippen molar-refractivity contribution in [1.29, 1.82) is 0 Å². The smallest absolute Gasteiger partial charge is 0.313 e. The van der Waals surface area contributed by atoms with Gasteiger partial charge in [-0.2, -0.15) is 0 Å². The number of rotatable bonds is 6. The minimum atomic E-state index is -0.654. The Balaban J connectivity index is 2.25. The second-order valence-corrected chi connectivity index (χ2v) is 4.85. The van der Waals surface area contributed by atoms with Crippen LogP contribution < -0.4 is 10.6 Å². The van der Waals surface area contributed by atoms with Crippen LogP contribution in [0.25, 0.3) is 0 Å². The number of carbonyl (C=O) groups is 2. The molecule has 2 amide bonds. The van der Waals surface area contributed by atoms with E-state index in [1.807, 2.05) is 32.9 Å². The fourth-order valence-electron chi connectivity index (χ4n) is 1.50. The molecule has 0 aliphatic carbocycles. The van der Waals surface area contributed by atoms with Crippen LogP contribution in [0.1, 0.15) is 25.8 Å². The lowest BCUT2D eigenvalue weighted by Gasteiger charge is -2.08. The number of hydrogen-bond donors (Lipinski definition) is 2. The molecule has 1 rings (SSSR count). The lowest BCUT2D eigenvalue weighted by molar-refractivity contribution is -0.136. The van der Waals surface area contributed by atoms with Gasteiger partial charge in [0.25, 0.3) is 0 Å². The topological polar surface area (TPSA) is 67.4 Å². The van der Waals surface area contributed by atoms with Crippen molar-refractivity contribution in [2.24, 2.45) is 0 Å². The van der Waals surface area contributed by atoms with E-state index < -0.39 is 11.8 Å². The van der Waals surface area contributed by atoms with Crippen LogP contribution in [0.2, 0.25) is 0 Å². The quantitative estimate of drug-likeness (QED) is 0.616. The molecule has 110 valence electrons. The van der Waals surface area contributed by atoms with Gasteiger partial charge in [-0.05, 0) is 39.3 Å². The molecular formula is C15H22N2O3. The first-order valence-corrected chi connectivity index (χ1v) is 6.76. The fourth-order valence-corrected chi connectivity index (χ4v) is 1.50. The third-order valence-electron chi connectivity index (χ3n) is 2.57. The van der Waals surface area contributed by atoms with Gasteiger partial charge < -0.3 is 15.4 Å². The summed E-state index contributed by atoms with van der Waals surface area (Å²) in [4.78, 5) is 23.2. The van der Waals surface area contributed by atoms with Gasteiger partial charge in [-0.1, -0.05) is 17.7 Å². The summed E-state index contributed by atoms with van der Waals surface area (Å²) in [7, 11) is 0. The number of hydrogen-bond acceptors (Lipinski definition) is 3. The summed E-state index contributed by atoms with van der Waals surface area (Å²) < 4.78 is 5.34. The van der Waals surface area contributed by atoms with E-state index in [4.69, 9.17) is 4.74 Å². The Morgan fingerprint density at radius 1 is 1.15 bits per heavy atom. The van der Waals surface area contributed by atoms with Crippen molar-refractivity contribution in [3.63, 3.8) is 0 Å². The van der Waals surface area contributed by atoms with Crippen LogP contribution >= 0.6 is 0 Å². The predicted octanol–water partition coefficient (Wildman–Crippen LogP) is 1.86. The van der Waals surface area contributed by atoms with Crippen molar-refractivity contribution < 1.29 is 14.3 Å². The van der Waals surface area contributed by atoms with E-state index in [0.717, 1.165) is 5.56 Å². The Morgan fingerprint density at radius 2 is 1.80 bits per heavy atom. The van der Waals surface area contributed by atoms with Crippen LogP contribution in [0.5, 0.6) is 0 Å². The van der Waals surface area contributed by atoms with Gasteiger partial charge in [0, 0.05) is 18.8 Å². The van der Waals surface area contributed by atoms with E-state index >= 15 is 0 Å². The van der Waals surface area contributed by atoms with Gasteiger partial charge in [-0.15, -0.1) is 0 Å². The van der Waals surface area contributed by atoms with Gasteiger partial charge in [0.15, 0.2) is 0 Å². The summed E-state index contributed by atoms with van der Waals surface area (Å²) in [5.41, 5.74) is 1.71. The second-order valence-electron chi connectivity index (χ2n) is 4.85. The number of anilines is 1. The molecule has 0 saturated carbocycles. The first kappa shape index (κ1) is 16.2. The molecule has 2 N–H and O–H groups in total. The molecule has 1 aromatic rings. The van der Waals surface area contributed by atoms with Crippen molar-refractivity contribution in [2.45, 2.75) is 33.3 Å². The Morgan fingerprint density at radius 3 is 2.40 bits per heavy atom. The first-order valence-electron chi connectivity index (χ1n) is 6.76. The van der Waals surface area contributed by atoms with Crippen molar-refractivity contribution in [3.05, 3.63) is 29.8 Å². The first-order chi connectivity index (χ1) is 9.49. The van der Waals surface area contributed by atoms with Crippen LogP contribution in [0, 0.1) is 6.92 Å². The maximum absolute atomic E-state index is 11.6. The number of carbonyl (C=O) groups excluding carboxylic acids is 2. The number of benzene rings is 1. The Bertz CT molecular complexity index is 441. The average molecular weight is 278 g/mol. The van der Waals surface area contributed by atoms with E-state index in [-0.39, 0.29) is 6.10 Å². The maximum Gasteiger partial charge on any atom is 0.313 e. The third-order valence-corrected chi connectivity index (χ3v) is 2.57. The van der Waals surface area contributed by atoms with E-state index in [1.165, 1.54) is 0 Å². The maximum atomic E-state index is 11.6. The van der Waals surface area contributed by atoms with Crippen molar-refractivity contribution in [3.8, 4) is 0 Å². The second kappa shape index (κ2) is 8.32. The normalized spacial score (nSPS) is 10.4. The molecule has 5 heteroatoms. The summed E-state index contributed by atoms with van der Waals surface area (Å²) >= 11 is 0. The summed E-state index contributed by atoms with van der Waals surface area (Å²) in [6, 6.07) is 7.27. The molecule has 0 bridgehead atoms. The molecule has 0 saturated heterocycles. The van der Waals surface area contributed by atoms with E-state index in [2.05, 4.69) is 10.6 Å². The summed E-state index contributed by atoms with van der Waals surface area (Å²) in [6.07, 6.45) is 0.859. The van der Waals surface area contributed by atoms with Crippen molar-refractivity contribution in [2.75, 3.05) is 18.5 Å². The molecule has 0 spiro atoms. The molecule has 0 aliphatic rings. The average Bonchev–Trinajstić information content (AvgIpc) is 2.40. The molecule has 5 nitrogen and oxygen atoms in total. The van der Waals surface area contributed by atoms with Crippen LogP contribution in [-0.2, 0) is 14.3 Å². The number of nitrogens with one attached hydrogen (secondary N) is 2. The molecule has 0 atom stereocenters. The zero-order valence-corrected chi connectivity index (χ0v) is 12.2. The number of amides is 2. The lowest BCUT2D eigenvalue weighted by Crippen LogP contribution is -2.36. The number of ether oxygens (including phenoxy) is 1. The Hall–Kier alpha value is -1.88. The number of aryl methyl sites for hydroxylation is 1. The molecule has 0 radical (unpaired) electrons. The zero-order chi connectivity index (χ0) is 15.0. The van der Waals surface area contributed by atoms with Gasteiger partial charge in [0.05, 0.1) is 6.10 Å². The van der Waals surface area contributed by atoms with Crippen molar-refractivity contribution >= 4 is 17.5 Å². The molecule has 0 fully saturated rings. The molecule has 0 aromatic heterocycles. The highest BCUT2D eigenvalue weighted by Crippen LogP contribution is 2.08. The van der Waals surface area contributed by atoms with E-state index in [0.29, 0.717) is 25.3 Å². The Kier molecular flexibility index (Phi) is 6.73. The third kappa shape index (κ3) is 6.33. The Labute approximate surface area is 119 Å². The van der Waals surface area contributed by atoms with Crippen molar-refractivity contribution in [1.82, 2.24) is 5.32 Å². The lowest BCUT2D eigenvalue weighted by atomic mass is 10.2. The van der Waals surface area contributed by atoms with Gasteiger partial charge in [-0.25, -0.2) is 0 Å². The molecule has 0 heterocycles. The van der Waals surface area contributed by atoms with E-state index in [9.17, 15) is 9.59 Å². The molecule has 20 heavy (non-hydrogen) atoms. The monoisotopic (exact) mass is 278 g/mol. The fraction of sp³-hybridized carbons (Fsp3) is 0.467. The van der Waals surface area contributed by atoms with Crippen LogP contribution in [0.4, 0.5) is 5.69 Å². The summed E-state index contributed by atoms with van der Waals surface area (Å²) in [5.74, 6) is -1.28. The van der Waals surface area contributed by atoms with Gasteiger partial charge in [-0.3, -0.25) is 9.59 Å².